The molecular weight excluding hydrogens is 326 g/mol. The fourth-order valence-corrected chi connectivity index (χ4v) is 2.63. The van der Waals surface area contributed by atoms with Crippen LogP contribution in [0, 0.1) is 6.92 Å². The normalized spacial score (nSPS) is 11.3. The number of carbonyl (C=O) groups excluding carboxylic acids is 1. The quantitative estimate of drug-likeness (QED) is 0.785. The smallest absolute Gasteiger partial charge is 0.255 e. The monoisotopic (exact) mass is 345 g/mol. The summed E-state index contributed by atoms with van der Waals surface area (Å²) in [4.78, 5) is 12.6. The van der Waals surface area contributed by atoms with Gasteiger partial charge in [0.25, 0.3) is 5.91 Å². The second-order valence-corrected chi connectivity index (χ2v) is 6.98. The fraction of sp³-hybridized carbons (Fsp3) is 0.278. The number of hydrogen-bond acceptors (Lipinski definition) is 1. The van der Waals surface area contributed by atoms with Crippen molar-refractivity contribution < 1.29 is 4.79 Å². The first-order valence-corrected chi connectivity index (χ1v) is 7.76. The van der Waals surface area contributed by atoms with Crippen LogP contribution in [0.1, 0.15) is 42.3 Å². The van der Waals surface area contributed by atoms with Gasteiger partial charge in [-0.05, 0) is 51.5 Å². The van der Waals surface area contributed by atoms with Gasteiger partial charge in [0.1, 0.15) is 0 Å². The van der Waals surface area contributed by atoms with E-state index in [1.165, 1.54) is 0 Å². The summed E-state index contributed by atoms with van der Waals surface area (Å²) < 4.78 is 0.923. The summed E-state index contributed by atoms with van der Waals surface area (Å²) in [6, 6.07) is 13.6. The number of halogens is 1. The highest BCUT2D eigenvalue weighted by Crippen LogP contribution is 2.29. The number of carbonyl (C=O) groups is 1. The van der Waals surface area contributed by atoms with Crippen LogP contribution in [0.5, 0.6) is 0 Å². The van der Waals surface area contributed by atoms with Gasteiger partial charge in [-0.2, -0.15) is 0 Å². The minimum Gasteiger partial charge on any atom is -0.321 e. The predicted octanol–water partition coefficient (Wildman–Crippen LogP) is 5.31. The highest BCUT2D eigenvalue weighted by Gasteiger charge is 2.21. The van der Waals surface area contributed by atoms with E-state index in [4.69, 9.17) is 0 Å². The Bertz CT molecular complexity index is 671. The van der Waals surface area contributed by atoms with Gasteiger partial charge < -0.3 is 5.32 Å². The molecule has 2 nitrogen and oxygen atoms in total. The van der Waals surface area contributed by atoms with Crippen LogP contribution in [0.15, 0.2) is 46.9 Å². The summed E-state index contributed by atoms with van der Waals surface area (Å²) in [5.41, 5.74) is 3.59. The van der Waals surface area contributed by atoms with E-state index in [-0.39, 0.29) is 11.3 Å². The Morgan fingerprint density at radius 3 is 2.38 bits per heavy atom. The van der Waals surface area contributed by atoms with Crippen molar-refractivity contribution in [2.75, 3.05) is 5.32 Å². The molecule has 2 rings (SSSR count). The molecule has 0 aliphatic rings. The summed E-state index contributed by atoms with van der Waals surface area (Å²) >= 11 is 3.52. The first-order chi connectivity index (χ1) is 9.80. The molecule has 0 saturated carbocycles. The van der Waals surface area contributed by atoms with Crippen molar-refractivity contribution in [3.63, 3.8) is 0 Å². The number of nitrogens with one attached hydrogen (secondary N) is 1. The molecule has 0 heterocycles. The van der Waals surface area contributed by atoms with Crippen molar-refractivity contribution in [3.05, 3.63) is 63.6 Å². The second-order valence-electron chi connectivity index (χ2n) is 6.19. The lowest BCUT2D eigenvalue weighted by Crippen LogP contribution is -2.21. The van der Waals surface area contributed by atoms with Crippen LogP contribution >= 0.6 is 15.9 Å². The molecule has 0 aliphatic carbocycles. The van der Waals surface area contributed by atoms with Crippen molar-refractivity contribution in [2.45, 2.75) is 33.1 Å². The number of hydrogen-bond donors (Lipinski definition) is 1. The molecule has 110 valence electrons. The zero-order valence-electron chi connectivity index (χ0n) is 12.8. The van der Waals surface area contributed by atoms with Crippen LogP contribution in [0.3, 0.4) is 0 Å². The van der Waals surface area contributed by atoms with E-state index in [1.807, 2.05) is 49.4 Å². The van der Waals surface area contributed by atoms with Gasteiger partial charge in [-0.15, -0.1) is 0 Å². The molecule has 2 aromatic rings. The standard InChI is InChI=1S/C18H20BrNO/c1-12-8-7-11-15(16(12)19)20-17(21)13-9-5-6-10-14(13)18(2,3)4/h5-11H,1-4H3,(H,20,21). The maximum absolute atomic E-state index is 12.6. The lowest BCUT2D eigenvalue weighted by molar-refractivity contribution is 0.102. The van der Waals surface area contributed by atoms with Crippen LogP contribution in [-0.2, 0) is 5.41 Å². The number of amides is 1. The highest BCUT2D eigenvalue weighted by molar-refractivity contribution is 9.10. The molecule has 0 radical (unpaired) electrons. The van der Waals surface area contributed by atoms with Crippen LogP contribution in [0.2, 0.25) is 0 Å². The lowest BCUT2D eigenvalue weighted by atomic mass is 9.83. The van der Waals surface area contributed by atoms with Crippen LogP contribution in [0.4, 0.5) is 5.69 Å². The molecule has 1 N–H and O–H groups in total. The fourth-order valence-electron chi connectivity index (χ4n) is 2.27. The number of aryl methyl sites for hydroxylation is 1. The lowest BCUT2D eigenvalue weighted by Gasteiger charge is -2.22. The first kappa shape index (κ1) is 15.8. The molecule has 3 heteroatoms. The van der Waals surface area contributed by atoms with Crippen molar-refractivity contribution in [3.8, 4) is 0 Å². The van der Waals surface area contributed by atoms with Crippen molar-refractivity contribution >= 4 is 27.5 Å². The van der Waals surface area contributed by atoms with Gasteiger partial charge in [0.05, 0.1) is 5.69 Å². The molecular formula is C18H20BrNO. The summed E-state index contributed by atoms with van der Waals surface area (Å²) in [6.45, 7) is 8.34. The third-order valence-corrected chi connectivity index (χ3v) is 4.47. The van der Waals surface area contributed by atoms with E-state index in [9.17, 15) is 4.79 Å². The Hall–Kier alpha value is -1.61. The minimum atomic E-state index is -0.0770. The van der Waals surface area contributed by atoms with Crippen LogP contribution in [-0.4, -0.2) is 5.91 Å². The zero-order chi connectivity index (χ0) is 15.6. The highest BCUT2D eigenvalue weighted by atomic mass is 79.9. The Morgan fingerprint density at radius 2 is 1.71 bits per heavy atom. The Labute approximate surface area is 134 Å². The summed E-state index contributed by atoms with van der Waals surface area (Å²) in [5, 5.41) is 2.99. The summed E-state index contributed by atoms with van der Waals surface area (Å²) in [6.07, 6.45) is 0. The van der Waals surface area contributed by atoms with Crippen molar-refractivity contribution in [1.82, 2.24) is 0 Å². The molecule has 21 heavy (non-hydrogen) atoms. The maximum Gasteiger partial charge on any atom is 0.255 e. The largest absolute Gasteiger partial charge is 0.321 e. The minimum absolute atomic E-state index is 0.0717. The van der Waals surface area contributed by atoms with E-state index in [2.05, 4.69) is 42.0 Å². The van der Waals surface area contributed by atoms with Crippen molar-refractivity contribution in [2.24, 2.45) is 0 Å². The Kier molecular flexibility index (Phi) is 4.52. The Balaban J connectivity index is 2.36. The van der Waals surface area contributed by atoms with Gasteiger partial charge in [-0.25, -0.2) is 0 Å². The number of anilines is 1. The van der Waals surface area contributed by atoms with E-state index >= 15 is 0 Å². The molecule has 0 saturated heterocycles. The van der Waals surface area contributed by atoms with Gasteiger partial charge in [0.15, 0.2) is 0 Å². The van der Waals surface area contributed by atoms with E-state index < -0.39 is 0 Å². The third kappa shape index (κ3) is 3.53. The van der Waals surface area contributed by atoms with Crippen LogP contribution < -0.4 is 5.32 Å². The Morgan fingerprint density at radius 1 is 1.05 bits per heavy atom. The second kappa shape index (κ2) is 6.02. The van der Waals surface area contributed by atoms with E-state index in [0.29, 0.717) is 0 Å². The number of rotatable bonds is 2. The molecule has 0 bridgehead atoms. The zero-order valence-corrected chi connectivity index (χ0v) is 14.4. The first-order valence-electron chi connectivity index (χ1n) is 6.96. The molecule has 0 aromatic heterocycles. The molecule has 0 atom stereocenters. The molecule has 2 aromatic carbocycles. The van der Waals surface area contributed by atoms with E-state index in [1.54, 1.807) is 0 Å². The molecule has 0 aliphatic heterocycles. The average molecular weight is 346 g/mol. The van der Waals surface area contributed by atoms with Gasteiger partial charge in [0, 0.05) is 10.0 Å². The average Bonchev–Trinajstić information content (AvgIpc) is 2.43. The molecule has 1 amide bonds. The predicted molar refractivity (Wildman–Crippen MR) is 92.0 cm³/mol. The maximum atomic E-state index is 12.6. The number of benzene rings is 2. The molecule has 0 unspecified atom stereocenters. The van der Waals surface area contributed by atoms with Gasteiger partial charge in [-0.3, -0.25) is 4.79 Å². The van der Waals surface area contributed by atoms with Gasteiger partial charge in [-0.1, -0.05) is 51.1 Å². The van der Waals surface area contributed by atoms with E-state index in [0.717, 1.165) is 26.9 Å². The topological polar surface area (TPSA) is 29.1 Å². The SMILES string of the molecule is Cc1cccc(NC(=O)c2ccccc2C(C)(C)C)c1Br. The third-order valence-electron chi connectivity index (χ3n) is 3.42. The van der Waals surface area contributed by atoms with Gasteiger partial charge in [0.2, 0.25) is 0 Å². The molecule has 0 fully saturated rings. The van der Waals surface area contributed by atoms with Crippen molar-refractivity contribution in [1.29, 1.82) is 0 Å². The molecule has 0 spiro atoms. The van der Waals surface area contributed by atoms with Crippen LogP contribution in [0.25, 0.3) is 0 Å². The summed E-state index contributed by atoms with van der Waals surface area (Å²) in [7, 11) is 0. The summed E-state index contributed by atoms with van der Waals surface area (Å²) in [5.74, 6) is -0.0770. The van der Waals surface area contributed by atoms with Gasteiger partial charge >= 0.3 is 0 Å².